The highest BCUT2D eigenvalue weighted by molar-refractivity contribution is 5.86. The monoisotopic (exact) mass is 172 g/mol. The van der Waals surface area contributed by atoms with Crippen LogP contribution in [0, 0.1) is 0 Å². The molecule has 0 radical (unpaired) electrons. The number of carboxylic acids is 1. The van der Waals surface area contributed by atoms with Crippen LogP contribution in [-0.4, -0.2) is 17.7 Å². The molecule has 12 heavy (non-hydrogen) atoms. The van der Waals surface area contributed by atoms with Crippen molar-refractivity contribution in [2.75, 3.05) is 6.61 Å². The third kappa shape index (κ3) is 4.77. The van der Waals surface area contributed by atoms with E-state index >= 15 is 0 Å². The lowest BCUT2D eigenvalue weighted by atomic mass is 10.2. The highest BCUT2D eigenvalue weighted by Gasteiger charge is 2.05. The predicted molar refractivity (Wildman–Crippen MR) is 46.9 cm³/mol. The molecule has 0 atom stereocenters. The van der Waals surface area contributed by atoms with Gasteiger partial charge in [0.25, 0.3) is 0 Å². The van der Waals surface area contributed by atoms with Crippen LogP contribution < -0.4 is 0 Å². The van der Waals surface area contributed by atoms with Crippen molar-refractivity contribution in [3.05, 3.63) is 11.8 Å². The minimum Gasteiger partial charge on any atom is -0.501 e. The molecule has 0 aliphatic rings. The molecule has 0 amide bonds. The minimum absolute atomic E-state index is 0.353. The number of ether oxygens (including phenoxy) is 1. The summed E-state index contributed by atoms with van der Waals surface area (Å²) in [6.07, 6.45) is 3.65. The molecule has 0 aromatic carbocycles. The van der Waals surface area contributed by atoms with Gasteiger partial charge in [-0.1, -0.05) is 20.3 Å². The zero-order valence-electron chi connectivity index (χ0n) is 7.67. The number of hydrogen-bond acceptors (Lipinski definition) is 2. The second-order valence-corrected chi connectivity index (χ2v) is 2.57. The van der Waals surface area contributed by atoms with Crippen LogP contribution in [0.5, 0.6) is 0 Å². The van der Waals surface area contributed by atoms with Crippen molar-refractivity contribution in [2.24, 2.45) is 0 Å². The van der Waals surface area contributed by atoms with Gasteiger partial charge in [-0.3, -0.25) is 0 Å². The zero-order valence-corrected chi connectivity index (χ0v) is 7.67. The standard InChI is InChI=1S/C9H16O3/c1-3-5-8(9(10)11)7-12-6-4-2/h7H,3-6H2,1-2H3,(H,10,11). The fourth-order valence-corrected chi connectivity index (χ4v) is 0.763. The average Bonchev–Trinajstić information content (AvgIpc) is 2.03. The maximum absolute atomic E-state index is 10.5. The fourth-order valence-electron chi connectivity index (χ4n) is 0.763. The number of aliphatic carboxylic acids is 1. The second-order valence-electron chi connectivity index (χ2n) is 2.57. The lowest BCUT2D eigenvalue weighted by molar-refractivity contribution is -0.133. The molecule has 0 saturated carbocycles. The Morgan fingerprint density at radius 3 is 2.50 bits per heavy atom. The van der Waals surface area contributed by atoms with Crippen LogP contribution in [-0.2, 0) is 9.53 Å². The Balaban J connectivity index is 3.90. The largest absolute Gasteiger partial charge is 0.501 e. The van der Waals surface area contributed by atoms with Crippen molar-refractivity contribution in [1.29, 1.82) is 0 Å². The SMILES string of the molecule is CCCOC=C(CCC)C(=O)O. The van der Waals surface area contributed by atoms with Crippen LogP contribution in [0.4, 0.5) is 0 Å². The quantitative estimate of drug-likeness (QED) is 0.379. The summed E-state index contributed by atoms with van der Waals surface area (Å²) >= 11 is 0. The van der Waals surface area contributed by atoms with Crippen LogP contribution in [0.2, 0.25) is 0 Å². The Labute approximate surface area is 73.0 Å². The van der Waals surface area contributed by atoms with Gasteiger partial charge in [0.15, 0.2) is 0 Å². The minimum atomic E-state index is -0.882. The van der Waals surface area contributed by atoms with Crippen molar-refractivity contribution in [2.45, 2.75) is 33.1 Å². The van der Waals surface area contributed by atoms with E-state index in [2.05, 4.69) is 0 Å². The molecule has 3 heteroatoms. The van der Waals surface area contributed by atoms with E-state index in [9.17, 15) is 4.79 Å². The Bertz CT molecular complexity index is 161. The summed E-state index contributed by atoms with van der Waals surface area (Å²) in [5.74, 6) is -0.882. The molecule has 3 nitrogen and oxygen atoms in total. The smallest absolute Gasteiger partial charge is 0.334 e. The van der Waals surface area contributed by atoms with Crippen molar-refractivity contribution in [3.63, 3.8) is 0 Å². The average molecular weight is 172 g/mol. The van der Waals surface area contributed by atoms with E-state index in [1.807, 2.05) is 13.8 Å². The summed E-state index contributed by atoms with van der Waals surface area (Å²) in [5.41, 5.74) is 0.353. The number of rotatable bonds is 6. The zero-order chi connectivity index (χ0) is 9.40. The Morgan fingerprint density at radius 2 is 2.08 bits per heavy atom. The molecule has 0 spiro atoms. The predicted octanol–water partition coefficient (Wildman–Crippen LogP) is 2.18. The lowest BCUT2D eigenvalue weighted by Gasteiger charge is -2.01. The fraction of sp³-hybridized carbons (Fsp3) is 0.667. The van der Waals surface area contributed by atoms with Crippen molar-refractivity contribution < 1.29 is 14.6 Å². The summed E-state index contributed by atoms with van der Waals surface area (Å²) in [4.78, 5) is 10.5. The van der Waals surface area contributed by atoms with E-state index in [0.717, 1.165) is 12.8 Å². The first-order chi connectivity index (χ1) is 5.72. The van der Waals surface area contributed by atoms with E-state index in [0.29, 0.717) is 18.6 Å². The Hall–Kier alpha value is -0.990. The normalized spacial score (nSPS) is 11.3. The molecular weight excluding hydrogens is 156 g/mol. The van der Waals surface area contributed by atoms with Gasteiger partial charge in [0.2, 0.25) is 0 Å². The first-order valence-corrected chi connectivity index (χ1v) is 4.26. The molecule has 0 bridgehead atoms. The molecule has 0 aliphatic carbocycles. The molecule has 0 aromatic rings. The molecule has 70 valence electrons. The van der Waals surface area contributed by atoms with E-state index in [1.54, 1.807) is 0 Å². The summed E-state index contributed by atoms with van der Waals surface area (Å²) in [7, 11) is 0. The van der Waals surface area contributed by atoms with E-state index in [4.69, 9.17) is 9.84 Å². The third-order valence-electron chi connectivity index (χ3n) is 1.34. The lowest BCUT2D eigenvalue weighted by Crippen LogP contribution is -2.01. The van der Waals surface area contributed by atoms with Gasteiger partial charge < -0.3 is 9.84 Å². The van der Waals surface area contributed by atoms with Gasteiger partial charge in [-0.05, 0) is 12.8 Å². The van der Waals surface area contributed by atoms with Gasteiger partial charge >= 0.3 is 5.97 Å². The van der Waals surface area contributed by atoms with Crippen molar-refractivity contribution in [3.8, 4) is 0 Å². The van der Waals surface area contributed by atoms with Gasteiger partial charge in [-0.2, -0.15) is 0 Å². The summed E-state index contributed by atoms with van der Waals surface area (Å²) in [5, 5.41) is 8.66. The van der Waals surface area contributed by atoms with Gasteiger partial charge in [-0.25, -0.2) is 4.79 Å². The van der Waals surface area contributed by atoms with Crippen LogP contribution >= 0.6 is 0 Å². The van der Waals surface area contributed by atoms with Crippen molar-refractivity contribution in [1.82, 2.24) is 0 Å². The molecule has 0 heterocycles. The maximum atomic E-state index is 10.5. The van der Waals surface area contributed by atoms with Crippen LogP contribution in [0.15, 0.2) is 11.8 Å². The third-order valence-corrected chi connectivity index (χ3v) is 1.34. The van der Waals surface area contributed by atoms with Gasteiger partial charge in [0.1, 0.15) is 0 Å². The number of hydrogen-bond donors (Lipinski definition) is 1. The number of carbonyl (C=O) groups is 1. The van der Waals surface area contributed by atoms with E-state index < -0.39 is 5.97 Å². The summed E-state index contributed by atoms with van der Waals surface area (Å²) in [6.45, 7) is 4.51. The van der Waals surface area contributed by atoms with E-state index in [-0.39, 0.29) is 0 Å². The molecule has 1 N–H and O–H groups in total. The maximum Gasteiger partial charge on any atom is 0.334 e. The van der Waals surface area contributed by atoms with Gasteiger partial charge in [0, 0.05) is 0 Å². The van der Waals surface area contributed by atoms with Crippen molar-refractivity contribution >= 4 is 5.97 Å². The number of carboxylic acid groups (broad SMARTS) is 1. The molecular formula is C9H16O3. The molecule has 0 saturated heterocycles. The summed E-state index contributed by atoms with van der Waals surface area (Å²) < 4.78 is 5.02. The molecule has 0 aromatic heterocycles. The van der Waals surface area contributed by atoms with Gasteiger partial charge in [-0.15, -0.1) is 0 Å². The molecule has 0 aliphatic heterocycles. The second kappa shape index (κ2) is 6.70. The van der Waals surface area contributed by atoms with E-state index in [1.165, 1.54) is 6.26 Å². The Kier molecular flexibility index (Phi) is 6.15. The molecule has 0 rings (SSSR count). The topological polar surface area (TPSA) is 46.5 Å². The highest BCUT2D eigenvalue weighted by Crippen LogP contribution is 2.04. The molecule has 0 fully saturated rings. The first kappa shape index (κ1) is 11.0. The highest BCUT2D eigenvalue weighted by atomic mass is 16.5. The Morgan fingerprint density at radius 1 is 1.42 bits per heavy atom. The van der Waals surface area contributed by atoms with Crippen LogP contribution in [0.1, 0.15) is 33.1 Å². The van der Waals surface area contributed by atoms with Gasteiger partial charge in [0.05, 0.1) is 18.4 Å². The van der Waals surface area contributed by atoms with Crippen LogP contribution in [0.25, 0.3) is 0 Å². The summed E-state index contributed by atoms with van der Waals surface area (Å²) in [6, 6.07) is 0. The van der Waals surface area contributed by atoms with Crippen LogP contribution in [0.3, 0.4) is 0 Å². The molecule has 0 unspecified atom stereocenters. The first-order valence-electron chi connectivity index (χ1n) is 4.26.